The molecule has 1 saturated heterocycles. The van der Waals surface area contributed by atoms with Gasteiger partial charge in [0.05, 0.1) is 7.11 Å². The van der Waals surface area contributed by atoms with Gasteiger partial charge in [-0.3, -0.25) is 14.5 Å². The summed E-state index contributed by atoms with van der Waals surface area (Å²) < 4.78 is 5.42. The van der Waals surface area contributed by atoms with Crippen molar-refractivity contribution in [2.45, 2.75) is 46.0 Å². The Labute approximate surface area is 180 Å². The van der Waals surface area contributed by atoms with Crippen LogP contribution in [0.4, 0.5) is 0 Å². The van der Waals surface area contributed by atoms with E-state index >= 15 is 0 Å². The first-order chi connectivity index (χ1) is 14.4. The zero-order valence-electron chi connectivity index (χ0n) is 18.8. The fourth-order valence-electron chi connectivity index (χ4n) is 4.60. The largest absolute Gasteiger partial charge is 0.496 e. The normalized spacial score (nSPS) is 18.4. The molecule has 2 fully saturated rings. The second-order valence-corrected chi connectivity index (χ2v) is 9.28. The Hall–Kier alpha value is -2.08. The molecule has 0 aromatic heterocycles. The minimum absolute atomic E-state index is 0.0588. The molecule has 1 aromatic carbocycles. The Balaban J connectivity index is 1.39. The van der Waals surface area contributed by atoms with E-state index in [1.54, 1.807) is 7.11 Å². The van der Waals surface area contributed by atoms with Gasteiger partial charge in [0.2, 0.25) is 11.8 Å². The molecule has 1 aliphatic carbocycles. The molecule has 0 unspecified atom stereocenters. The van der Waals surface area contributed by atoms with E-state index in [9.17, 15) is 9.59 Å². The number of hydrogen-bond acceptors (Lipinski definition) is 4. The van der Waals surface area contributed by atoms with Crippen LogP contribution in [0, 0.1) is 11.3 Å². The van der Waals surface area contributed by atoms with Crippen LogP contribution in [0.1, 0.15) is 45.1 Å². The van der Waals surface area contributed by atoms with Gasteiger partial charge >= 0.3 is 0 Å². The van der Waals surface area contributed by atoms with Crippen LogP contribution in [0.15, 0.2) is 24.3 Å². The first kappa shape index (κ1) is 22.6. The maximum Gasteiger partial charge on any atom is 0.226 e. The highest BCUT2D eigenvalue weighted by Crippen LogP contribution is 2.28. The van der Waals surface area contributed by atoms with Crippen molar-refractivity contribution in [2.24, 2.45) is 11.3 Å². The number of hydrogen-bond donors (Lipinski definition) is 1. The van der Waals surface area contributed by atoms with Gasteiger partial charge in [-0.2, -0.15) is 0 Å². The molecule has 1 aromatic rings. The molecular formula is C24H37N3O3. The fourth-order valence-corrected chi connectivity index (χ4v) is 4.60. The third-order valence-electron chi connectivity index (χ3n) is 6.54. The molecule has 1 N–H and O–H groups in total. The smallest absolute Gasteiger partial charge is 0.226 e. The third-order valence-corrected chi connectivity index (χ3v) is 6.54. The van der Waals surface area contributed by atoms with Crippen LogP contribution in [-0.4, -0.2) is 68.0 Å². The molecule has 0 bridgehead atoms. The van der Waals surface area contributed by atoms with Crippen LogP contribution < -0.4 is 10.1 Å². The summed E-state index contributed by atoms with van der Waals surface area (Å²) >= 11 is 0. The van der Waals surface area contributed by atoms with Crippen LogP contribution in [-0.2, 0) is 16.0 Å². The second kappa shape index (κ2) is 10.3. The molecule has 2 amide bonds. The first-order valence-corrected chi connectivity index (χ1v) is 11.3. The molecule has 2 aliphatic rings. The van der Waals surface area contributed by atoms with Crippen LogP contribution in [0.2, 0.25) is 0 Å². The molecule has 1 heterocycles. The summed E-state index contributed by atoms with van der Waals surface area (Å²) in [5, 5.41) is 3.10. The average Bonchev–Trinajstić information content (AvgIpc) is 3.28. The van der Waals surface area contributed by atoms with Gasteiger partial charge in [0, 0.05) is 50.6 Å². The first-order valence-electron chi connectivity index (χ1n) is 11.3. The van der Waals surface area contributed by atoms with Gasteiger partial charge in [0.25, 0.3) is 0 Å². The number of piperazine rings is 1. The quantitative estimate of drug-likeness (QED) is 0.709. The highest BCUT2D eigenvalue weighted by atomic mass is 16.5. The lowest BCUT2D eigenvalue weighted by Crippen LogP contribution is -2.51. The lowest BCUT2D eigenvalue weighted by atomic mass is 9.84. The van der Waals surface area contributed by atoms with Crippen molar-refractivity contribution in [3.05, 3.63) is 29.8 Å². The van der Waals surface area contributed by atoms with Crippen molar-refractivity contribution in [1.82, 2.24) is 15.1 Å². The molecule has 6 heteroatoms. The summed E-state index contributed by atoms with van der Waals surface area (Å²) in [6.07, 6.45) is 5.16. The third kappa shape index (κ3) is 5.75. The Morgan fingerprint density at radius 1 is 1.10 bits per heavy atom. The number of benzene rings is 1. The van der Waals surface area contributed by atoms with Gasteiger partial charge < -0.3 is 15.0 Å². The molecule has 0 atom stereocenters. The summed E-state index contributed by atoms with van der Waals surface area (Å²) in [5.74, 6) is 1.51. The maximum atomic E-state index is 12.8. The van der Waals surface area contributed by atoms with Crippen LogP contribution in [0.3, 0.4) is 0 Å². The van der Waals surface area contributed by atoms with Crippen molar-refractivity contribution in [2.75, 3.05) is 46.4 Å². The summed E-state index contributed by atoms with van der Waals surface area (Å²) in [5.41, 5.74) is 0.532. The van der Waals surface area contributed by atoms with Crippen molar-refractivity contribution in [3.63, 3.8) is 0 Å². The van der Waals surface area contributed by atoms with Crippen molar-refractivity contribution in [1.29, 1.82) is 0 Å². The predicted molar refractivity (Wildman–Crippen MR) is 118 cm³/mol. The van der Waals surface area contributed by atoms with Crippen LogP contribution in [0.25, 0.3) is 0 Å². The van der Waals surface area contributed by atoms with E-state index in [0.717, 1.165) is 56.9 Å². The van der Waals surface area contributed by atoms with Crippen LogP contribution >= 0.6 is 0 Å². The van der Waals surface area contributed by atoms with Crippen molar-refractivity contribution >= 4 is 11.8 Å². The maximum absolute atomic E-state index is 12.8. The average molecular weight is 416 g/mol. The molecule has 3 rings (SSSR count). The second-order valence-electron chi connectivity index (χ2n) is 9.28. The molecule has 166 valence electrons. The standard InChI is InChI=1S/C24H37N3O3/c1-24(2,18-20-10-6-7-11-21(20)30-3)23(29)25-12-13-26-14-16-27(17-15-26)22(28)19-8-4-5-9-19/h6-7,10-11,19H,4-5,8-9,12-18H2,1-3H3,(H,25,29). The van der Waals surface area contributed by atoms with Crippen molar-refractivity contribution in [3.8, 4) is 5.75 Å². The van der Waals surface area contributed by atoms with Gasteiger partial charge in [-0.1, -0.05) is 44.9 Å². The molecule has 30 heavy (non-hydrogen) atoms. The van der Waals surface area contributed by atoms with Crippen LogP contribution in [0.5, 0.6) is 5.75 Å². The van der Waals surface area contributed by atoms with E-state index in [4.69, 9.17) is 4.74 Å². The van der Waals surface area contributed by atoms with Gasteiger partial charge in [0.15, 0.2) is 0 Å². The van der Waals surface area contributed by atoms with Gasteiger partial charge in [-0.25, -0.2) is 0 Å². The zero-order valence-corrected chi connectivity index (χ0v) is 18.8. The lowest BCUT2D eigenvalue weighted by molar-refractivity contribution is -0.137. The van der Waals surface area contributed by atoms with E-state index in [1.807, 2.05) is 43.0 Å². The number of para-hydroxylation sites is 1. The van der Waals surface area contributed by atoms with E-state index in [-0.39, 0.29) is 11.8 Å². The summed E-state index contributed by atoms with van der Waals surface area (Å²) in [6, 6.07) is 7.86. The van der Waals surface area contributed by atoms with E-state index < -0.39 is 5.41 Å². The van der Waals surface area contributed by atoms with E-state index in [1.165, 1.54) is 12.8 Å². The topological polar surface area (TPSA) is 61.9 Å². The minimum Gasteiger partial charge on any atom is -0.496 e. The number of amides is 2. The van der Waals surface area contributed by atoms with E-state index in [2.05, 4.69) is 10.2 Å². The Bertz CT molecular complexity index is 720. The molecular weight excluding hydrogens is 378 g/mol. The number of nitrogens with zero attached hydrogens (tertiary/aromatic N) is 2. The molecule has 6 nitrogen and oxygen atoms in total. The SMILES string of the molecule is COc1ccccc1CC(C)(C)C(=O)NCCN1CCN(C(=O)C2CCCC2)CC1. The van der Waals surface area contributed by atoms with E-state index in [0.29, 0.717) is 18.9 Å². The zero-order chi connectivity index (χ0) is 21.6. The predicted octanol–water partition coefficient (Wildman–Crippen LogP) is 2.71. The van der Waals surface area contributed by atoms with Gasteiger partial charge in [-0.05, 0) is 30.9 Å². The summed E-state index contributed by atoms with van der Waals surface area (Å²) in [6.45, 7) is 8.79. The number of methoxy groups -OCH3 is 1. The fraction of sp³-hybridized carbons (Fsp3) is 0.667. The minimum atomic E-state index is -0.513. The number of carbonyl (C=O) groups excluding carboxylic acids is 2. The number of ether oxygens (including phenoxy) is 1. The number of nitrogens with one attached hydrogen (secondary N) is 1. The number of rotatable bonds is 8. The van der Waals surface area contributed by atoms with Gasteiger partial charge in [0.1, 0.15) is 5.75 Å². The molecule has 1 saturated carbocycles. The highest BCUT2D eigenvalue weighted by Gasteiger charge is 2.30. The summed E-state index contributed by atoms with van der Waals surface area (Å²) in [7, 11) is 1.66. The Kier molecular flexibility index (Phi) is 7.75. The molecule has 0 spiro atoms. The molecule has 1 aliphatic heterocycles. The Morgan fingerprint density at radius 2 is 1.77 bits per heavy atom. The highest BCUT2D eigenvalue weighted by molar-refractivity contribution is 5.82. The molecule has 0 radical (unpaired) electrons. The van der Waals surface area contributed by atoms with Gasteiger partial charge in [-0.15, -0.1) is 0 Å². The lowest BCUT2D eigenvalue weighted by Gasteiger charge is -2.36. The monoisotopic (exact) mass is 415 g/mol. The number of carbonyl (C=O) groups is 2. The summed E-state index contributed by atoms with van der Waals surface area (Å²) in [4.78, 5) is 29.7. The van der Waals surface area contributed by atoms with Crippen molar-refractivity contribution < 1.29 is 14.3 Å². The Morgan fingerprint density at radius 3 is 2.43 bits per heavy atom.